The molecule has 20 heavy (non-hydrogen) atoms. The minimum absolute atomic E-state index is 0.176. The van der Waals surface area contributed by atoms with Crippen molar-refractivity contribution in [1.29, 1.82) is 0 Å². The largest absolute Gasteiger partial charge is 0.481 e. The Balaban J connectivity index is 2.27. The van der Waals surface area contributed by atoms with E-state index in [0.717, 1.165) is 12.1 Å². The van der Waals surface area contributed by atoms with Gasteiger partial charge in [-0.1, -0.05) is 0 Å². The second-order valence-corrected chi connectivity index (χ2v) is 6.32. The molecule has 1 saturated heterocycles. The molecule has 112 valence electrons. The van der Waals surface area contributed by atoms with Gasteiger partial charge in [0.05, 0.1) is 12.2 Å². The van der Waals surface area contributed by atoms with Gasteiger partial charge in [0.25, 0.3) is 0 Å². The Hall–Kier alpha value is -1.20. The standard InChI is InChI=1S/C15H20F2O3/c1-14(2)7-12(15(3,4)20-14)19-13-10(16)5-9(8-18)6-11(13)17/h5-6,12,18H,7-8H2,1-4H3. The van der Waals surface area contributed by atoms with E-state index in [1.807, 2.05) is 27.7 Å². The van der Waals surface area contributed by atoms with Gasteiger partial charge in [-0.05, 0) is 45.4 Å². The van der Waals surface area contributed by atoms with Gasteiger partial charge in [-0.2, -0.15) is 0 Å². The molecule has 1 heterocycles. The molecule has 2 rings (SSSR count). The van der Waals surface area contributed by atoms with Gasteiger partial charge >= 0.3 is 0 Å². The molecule has 0 aliphatic carbocycles. The molecule has 1 aliphatic heterocycles. The molecule has 0 bridgehead atoms. The van der Waals surface area contributed by atoms with Crippen LogP contribution in [0, 0.1) is 11.6 Å². The number of rotatable bonds is 3. The molecule has 1 aromatic rings. The highest BCUT2D eigenvalue weighted by Gasteiger charge is 2.48. The van der Waals surface area contributed by atoms with Crippen LogP contribution in [0.2, 0.25) is 0 Å². The third kappa shape index (κ3) is 2.94. The van der Waals surface area contributed by atoms with E-state index in [1.54, 1.807) is 0 Å². The van der Waals surface area contributed by atoms with Gasteiger partial charge in [0.2, 0.25) is 0 Å². The lowest BCUT2D eigenvalue weighted by atomic mass is 9.97. The van der Waals surface area contributed by atoms with Gasteiger partial charge in [-0.25, -0.2) is 8.78 Å². The zero-order valence-corrected chi connectivity index (χ0v) is 12.2. The number of ether oxygens (including phenoxy) is 2. The third-order valence-electron chi connectivity index (χ3n) is 3.49. The Bertz CT molecular complexity index is 489. The van der Waals surface area contributed by atoms with Crippen molar-refractivity contribution < 1.29 is 23.4 Å². The van der Waals surface area contributed by atoms with E-state index in [9.17, 15) is 8.78 Å². The minimum Gasteiger partial charge on any atom is -0.481 e. The number of aliphatic hydroxyl groups excluding tert-OH is 1. The summed E-state index contributed by atoms with van der Waals surface area (Å²) >= 11 is 0. The van der Waals surface area contributed by atoms with E-state index in [-0.39, 0.29) is 5.56 Å². The predicted octanol–water partition coefficient (Wildman–Crippen LogP) is 3.18. The summed E-state index contributed by atoms with van der Waals surface area (Å²) in [6.07, 6.45) is 0.0992. The van der Waals surface area contributed by atoms with Crippen molar-refractivity contribution in [2.75, 3.05) is 0 Å². The van der Waals surface area contributed by atoms with Crippen LogP contribution in [0.25, 0.3) is 0 Å². The maximum atomic E-state index is 13.9. The zero-order chi connectivity index (χ0) is 15.1. The highest BCUT2D eigenvalue weighted by molar-refractivity contribution is 5.31. The molecule has 0 saturated carbocycles. The first-order valence-corrected chi connectivity index (χ1v) is 6.60. The SMILES string of the molecule is CC1(C)CC(Oc2c(F)cc(CO)cc2F)C(C)(C)O1. The van der Waals surface area contributed by atoms with Crippen molar-refractivity contribution in [3.8, 4) is 5.75 Å². The maximum Gasteiger partial charge on any atom is 0.191 e. The summed E-state index contributed by atoms with van der Waals surface area (Å²) in [5, 5.41) is 8.92. The molecule has 1 aliphatic rings. The van der Waals surface area contributed by atoms with E-state index < -0.39 is 41.3 Å². The second-order valence-electron chi connectivity index (χ2n) is 6.32. The van der Waals surface area contributed by atoms with Gasteiger partial charge in [0.1, 0.15) is 11.7 Å². The lowest BCUT2D eigenvalue weighted by molar-refractivity contribution is -0.0852. The Morgan fingerprint density at radius 3 is 2.20 bits per heavy atom. The fourth-order valence-corrected chi connectivity index (χ4v) is 2.65. The zero-order valence-electron chi connectivity index (χ0n) is 12.2. The Kier molecular flexibility index (Phi) is 3.77. The normalized spacial score (nSPS) is 23.9. The van der Waals surface area contributed by atoms with E-state index >= 15 is 0 Å². The first-order valence-electron chi connectivity index (χ1n) is 6.60. The number of benzene rings is 1. The summed E-state index contributed by atoms with van der Waals surface area (Å²) in [5.41, 5.74) is -0.848. The molecule has 1 N–H and O–H groups in total. The lowest BCUT2D eigenvalue weighted by Gasteiger charge is -2.27. The Morgan fingerprint density at radius 2 is 1.80 bits per heavy atom. The van der Waals surface area contributed by atoms with Crippen LogP contribution in [0.3, 0.4) is 0 Å². The number of aliphatic hydroxyl groups is 1. The molecule has 0 radical (unpaired) electrons. The second kappa shape index (κ2) is 4.97. The third-order valence-corrected chi connectivity index (χ3v) is 3.49. The number of halogens is 2. The molecular formula is C15H20F2O3. The molecular weight excluding hydrogens is 266 g/mol. The van der Waals surface area contributed by atoms with E-state index in [1.165, 1.54) is 0 Å². The van der Waals surface area contributed by atoms with Crippen molar-refractivity contribution in [2.45, 2.75) is 58.0 Å². The predicted molar refractivity (Wildman–Crippen MR) is 70.6 cm³/mol. The van der Waals surface area contributed by atoms with Gasteiger partial charge in [-0.3, -0.25) is 0 Å². The lowest BCUT2D eigenvalue weighted by Crippen LogP contribution is -2.37. The maximum absolute atomic E-state index is 13.9. The molecule has 3 nitrogen and oxygen atoms in total. The highest BCUT2D eigenvalue weighted by Crippen LogP contribution is 2.40. The summed E-state index contributed by atoms with van der Waals surface area (Å²) in [4.78, 5) is 0. The van der Waals surface area contributed by atoms with Crippen LogP contribution in [0.5, 0.6) is 5.75 Å². The van der Waals surface area contributed by atoms with Crippen molar-refractivity contribution in [3.63, 3.8) is 0 Å². The Labute approximate surface area is 117 Å². The smallest absolute Gasteiger partial charge is 0.191 e. The van der Waals surface area contributed by atoms with Gasteiger partial charge in [0.15, 0.2) is 17.4 Å². The summed E-state index contributed by atoms with van der Waals surface area (Å²) in [7, 11) is 0. The highest BCUT2D eigenvalue weighted by atomic mass is 19.1. The molecule has 5 heteroatoms. The molecule has 1 aromatic carbocycles. The number of hydrogen-bond donors (Lipinski definition) is 1. The Morgan fingerprint density at radius 1 is 1.25 bits per heavy atom. The van der Waals surface area contributed by atoms with Crippen molar-refractivity contribution in [3.05, 3.63) is 29.3 Å². The molecule has 1 fully saturated rings. The van der Waals surface area contributed by atoms with Crippen LogP contribution >= 0.6 is 0 Å². The van der Waals surface area contributed by atoms with Gasteiger partial charge in [0, 0.05) is 6.42 Å². The first-order chi connectivity index (χ1) is 9.14. The van der Waals surface area contributed by atoms with Crippen LogP contribution in [0.1, 0.15) is 39.7 Å². The van der Waals surface area contributed by atoms with E-state index in [2.05, 4.69) is 0 Å². The van der Waals surface area contributed by atoms with Crippen molar-refractivity contribution >= 4 is 0 Å². The van der Waals surface area contributed by atoms with E-state index in [0.29, 0.717) is 6.42 Å². The van der Waals surface area contributed by atoms with E-state index in [4.69, 9.17) is 14.6 Å². The summed E-state index contributed by atoms with van der Waals surface area (Å²) < 4.78 is 39.1. The van der Waals surface area contributed by atoms with Crippen LogP contribution < -0.4 is 4.74 Å². The summed E-state index contributed by atoms with van der Waals surface area (Å²) in [6, 6.07) is 2.15. The molecule has 0 amide bonds. The fourth-order valence-electron chi connectivity index (χ4n) is 2.65. The molecule has 0 aromatic heterocycles. The van der Waals surface area contributed by atoms with Crippen molar-refractivity contribution in [2.24, 2.45) is 0 Å². The summed E-state index contributed by atoms with van der Waals surface area (Å²) in [6.45, 7) is 7.09. The average Bonchev–Trinajstić information content (AvgIpc) is 2.51. The topological polar surface area (TPSA) is 38.7 Å². The monoisotopic (exact) mass is 286 g/mol. The van der Waals surface area contributed by atoms with Crippen LogP contribution in [-0.2, 0) is 11.3 Å². The first kappa shape index (κ1) is 15.2. The fraction of sp³-hybridized carbons (Fsp3) is 0.600. The van der Waals surface area contributed by atoms with Crippen LogP contribution in [0.15, 0.2) is 12.1 Å². The number of hydrogen-bond acceptors (Lipinski definition) is 3. The van der Waals surface area contributed by atoms with Gasteiger partial charge in [-0.15, -0.1) is 0 Å². The molecule has 0 spiro atoms. The quantitative estimate of drug-likeness (QED) is 0.927. The average molecular weight is 286 g/mol. The molecule has 1 atom stereocenters. The van der Waals surface area contributed by atoms with Gasteiger partial charge < -0.3 is 14.6 Å². The van der Waals surface area contributed by atoms with Crippen LogP contribution in [0.4, 0.5) is 8.78 Å². The van der Waals surface area contributed by atoms with Crippen molar-refractivity contribution in [1.82, 2.24) is 0 Å². The van der Waals surface area contributed by atoms with Crippen LogP contribution in [-0.4, -0.2) is 22.4 Å². The minimum atomic E-state index is -0.811. The molecule has 1 unspecified atom stereocenters. The summed E-state index contributed by atoms with van der Waals surface area (Å²) in [5.74, 6) is -2.04.